The van der Waals surface area contributed by atoms with Crippen molar-refractivity contribution in [1.82, 2.24) is 0 Å². The third-order valence-corrected chi connectivity index (χ3v) is 5.26. The third kappa shape index (κ3) is 2.99. The molecule has 0 bridgehead atoms. The van der Waals surface area contributed by atoms with Crippen LogP contribution in [-0.2, 0) is 0 Å². The molecule has 3 aromatic carbocycles. The van der Waals surface area contributed by atoms with Gasteiger partial charge in [0.05, 0.1) is 26.9 Å². The first kappa shape index (κ1) is 19.8. The van der Waals surface area contributed by atoms with Crippen LogP contribution < -0.4 is 5.32 Å². The molecule has 1 N–H and O–H groups in total. The summed E-state index contributed by atoms with van der Waals surface area (Å²) in [5.41, 5.74) is -3.22. The second kappa shape index (κ2) is 7.06. The van der Waals surface area contributed by atoms with Gasteiger partial charge >= 0.3 is 0 Å². The number of benzene rings is 3. The molecule has 0 fully saturated rings. The van der Waals surface area contributed by atoms with Crippen LogP contribution in [0.25, 0.3) is 0 Å². The Hall–Kier alpha value is -2.54. The van der Waals surface area contributed by atoms with E-state index in [1.165, 1.54) is 36.4 Å². The summed E-state index contributed by atoms with van der Waals surface area (Å²) in [7, 11) is 0. The first-order valence-corrected chi connectivity index (χ1v) is 9.16. The van der Waals surface area contributed by atoms with Crippen LogP contribution >= 0.6 is 34.8 Å². The lowest BCUT2D eigenvalue weighted by molar-refractivity contribution is 0.0971. The van der Waals surface area contributed by atoms with Crippen molar-refractivity contribution in [1.29, 1.82) is 0 Å². The van der Waals surface area contributed by atoms with Crippen LogP contribution in [0.3, 0.4) is 0 Å². The Kier molecular flexibility index (Phi) is 4.81. The van der Waals surface area contributed by atoms with E-state index < -0.39 is 45.8 Å². The Bertz CT molecular complexity index is 1220. The zero-order valence-electron chi connectivity index (χ0n) is 14.0. The van der Waals surface area contributed by atoms with Crippen molar-refractivity contribution in [3.63, 3.8) is 0 Å². The Labute approximate surface area is 177 Å². The van der Waals surface area contributed by atoms with E-state index in [4.69, 9.17) is 34.8 Å². The van der Waals surface area contributed by atoms with Crippen LogP contribution in [-0.4, -0.2) is 11.6 Å². The van der Waals surface area contributed by atoms with Gasteiger partial charge in [0.1, 0.15) is 5.69 Å². The van der Waals surface area contributed by atoms with Gasteiger partial charge in [-0.2, -0.15) is 0 Å². The van der Waals surface area contributed by atoms with Gasteiger partial charge in [-0.1, -0.05) is 59.1 Å². The van der Waals surface area contributed by atoms with Crippen molar-refractivity contribution in [2.75, 3.05) is 5.32 Å². The fraction of sp³-hybridized carbons (Fsp3) is 0. The number of hydrogen-bond acceptors (Lipinski definition) is 3. The second-order valence-corrected chi connectivity index (χ2v) is 7.39. The molecule has 3 aromatic rings. The number of hydrogen-bond donors (Lipinski definition) is 1. The highest BCUT2D eigenvalue weighted by atomic mass is 35.5. The molecule has 29 heavy (non-hydrogen) atoms. The van der Waals surface area contributed by atoms with Crippen LogP contribution in [0.4, 0.5) is 24.5 Å². The maximum absolute atomic E-state index is 15.2. The van der Waals surface area contributed by atoms with Gasteiger partial charge in [-0.3, -0.25) is 9.59 Å². The summed E-state index contributed by atoms with van der Waals surface area (Å²) in [6.45, 7) is 0. The van der Waals surface area contributed by atoms with Gasteiger partial charge in [-0.15, -0.1) is 0 Å². The van der Waals surface area contributed by atoms with E-state index >= 15 is 4.39 Å². The number of carbonyl (C=O) groups excluding carboxylic acids is 2. The van der Waals surface area contributed by atoms with E-state index in [-0.39, 0.29) is 31.9 Å². The molecule has 3 nitrogen and oxygen atoms in total. The van der Waals surface area contributed by atoms with Gasteiger partial charge in [0, 0.05) is 16.1 Å². The van der Waals surface area contributed by atoms with Gasteiger partial charge in [-0.05, 0) is 12.1 Å². The van der Waals surface area contributed by atoms with Crippen LogP contribution in [0.2, 0.25) is 15.1 Å². The molecule has 0 unspecified atom stereocenters. The zero-order valence-corrected chi connectivity index (χ0v) is 16.3. The first-order valence-electron chi connectivity index (χ1n) is 8.02. The highest BCUT2D eigenvalue weighted by molar-refractivity contribution is 6.42. The van der Waals surface area contributed by atoms with Crippen LogP contribution in [0, 0.1) is 17.5 Å². The van der Waals surface area contributed by atoms with Crippen LogP contribution in [0.15, 0.2) is 36.4 Å². The third-order valence-electron chi connectivity index (χ3n) is 4.45. The number of rotatable bonds is 2. The maximum Gasteiger partial charge on any atom is 0.197 e. The van der Waals surface area contributed by atoms with Gasteiger partial charge in [0.25, 0.3) is 0 Å². The van der Waals surface area contributed by atoms with E-state index in [1.807, 2.05) is 0 Å². The first-order chi connectivity index (χ1) is 13.7. The van der Waals surface area contributed by atoms with Crippen LogP contribution in [0.5, 0.6) is 0 Å². The van der Waals surface area contributed by atoms with Crippen molar-refractivity contribution in [2.45, 2.75) is 0 Å². The maximum atomic E-state index is 15.2. The van der Waals surface area contributed by atoms with Crippen LogP contribution in [0.1, 0.15) is 31.8 Å². The highest BCUT2D eigenvalue weighted by Gasteiger charge is 2.38. The standard InChI is InChI=1S/C20H7Cl3F3NO2/c21-7-5-10(22)17(11(23)6-7)27-18-15(25)13-12(14(24)16(18)26)19(28)8-3-1-2-4-9(8)20(13)29/h1-6,27H. The topological polar surface area (TPSA) is 46.2 Å². The lowest BCUT2D eigenvalue weighted by Gasteiger charge is -2.21. The largest absolute Gasteiger partial charge is 0.348 e. The van der Waals surface area contributed by atoms with E-state index in [1.54, 1.807) is 0 Å². The zero-order chi connectivity index (χ0) is 21.0. The van der Waals surface area contributed by atoms with Gasteiger partial charge < -0.3 is 5.32 Å². The summed E-state index contributed by atoms with van der Waals surface area (Å²) in [6.07, 6.45) is 0. The normalized spacial score (nSPS) is 12.6. The van der Waals surface area contributed by atoms with Crippen molar-refractivity contribution >= 4 is 57.7 Å². The lowest BCUT2D eigenvalue weighted by atomic mass is 9.83. The molecule has 9 heteroatoms. The number of nitrogens with one attached hydrogen (secondary N) is 1. The Morgan fingerprint density at radius 1 is 0.690 bits per heavy atom. The Morgan fingerprint density at radius 2 is 1.17 bits per heavy atom. The molecule has 1 aliphatic carbocycles. The average molecular weight is 457 g/mol. The minimum atomic E-state index is -1.69. The number of halogens is 6. The molecular formula is C20H7Cl3F3NO2. The Morgan fingerprint density at radius 3 is 1.69 bits per heavy atom. The molecule has 0 aliphatic heterocycles. The lowest BCUT2D eigenvalue weighted by Crippen LogP contribution is -2.25. The Balaban J connectivity index is 1.95. The summed E-state index contributed by atoms with van der Waals surface area (Å²) in [6, 6.07) is 8.03. The molecule has 0 saturated carbocycles. The quantitative estimate of drug-likeness (QED) is 0.346. The molecule has 0 heterocycles. The molecule has 1 aliphatic rings. The van der Waals surface area contributed by atoms with Crippen molar-refractivity contribution in [2.24, 2.45) is 0 Å². The minimum Gasteiger partial charge on any atom is -0.348 e. The molecule has 0 saturated heterocycles. The SMILES string of the molecule is O=C1c2ccccc2C(=O)c2c(F)c(Nc3c(Cl)cc(Cl)cc3Cl)c(F)c(F)c21. The summed E-state index contributed by atoms with van der Waals surface area (Å²) in [5.74, 6) is -6.71. The monoisotopic (exact) mass is 455 g/mol. The van der Waals surface area contributed by atoms with Crippen molar-refractivity contribution in [3.05, 3.63) is 91.2 Å². The van der Waals surface area contributed by atoms with Gasteiger partial charge in [0.2, 0.25) is 0 Å². The number of carbonyl (C=O) groups is 2. The summed E-state index contributed by atoms with van der Waals surface area (Å²) in [4.78, 5) is 25.3. The highest BCUT2D eigenvalue weighted by Crippen LogP contribution is 2.40. The fourth-order valence-electron chi connectivity index (χ4n) is 3.13. The van der Waals surface area contributed by atoms with Gasteiger partial charge in [0.15, 0.2) is 29.0 Å². The molecule has 4 rings (SSSR count). The molecule has 0 spiro atoms. The van der Waals surface area contributed by atoms with E-state index in [9.17, 15) is 18.4 Å². The summed E-state index contributed by atoms with van der Waals surface area (Å²) < 4.78 is 44.7. The second-order valence-electron chi connectivity index (χ2n) is 6.14. The smallest absolute Gasteiger partial charge is 0.197 e. The van der Waals surface area contributed by atoms with Gasteiger partial charge in [-0.25, -0.2) is 13.2 Å². The number of fused-ring (bicyclic) bond motifs is 2. The summed E-state index contributed by atoms with van der Waals surface area (Å²) in [5, 5.41) is 2.26. The molecule has 0 aromatic heterocycles. The average Bonchev–Trinajstić information content (AvgIpc) is 2.67. The van der Waals surface area contributed by atoms with E-state index in [2.05, 4.69) is 5.32 Å². The molecule has 0 atom stereocenters. The van der Waals surface area contributed by atoms with E-state index in [0.717, 1.165) is 0 Å². The molecule has 146 valence electrons. The predicted octanol–water partition coefficient (Wildman–Crippen LogP) is 6.58. The predicted molar refractivity (Wildman–Crippen MR) is 104 cm³/mol. The molecule has 0 amide bonds. The fourth-order valence-corrected chi connectivity index (χ4v) is 4.04. The molecule has 0 radical (unpaired) electrons. The van der Waals surface area contributed by atoms with E-state index in [0.29, 0.717) is 0 Å². The molecular weight excluding hydrogens is 450 g/mol. The van der Waals surface area contributed by atoms with Crippen molar-refractivity contribution < 1.29 is 22.8 Å². The summed E-state index contributed by atoms with van der Waals surface area (Å²) >= 11 is 17.8. The minimum absolute atomic E-state index is 0.0906. The van der Waals surface area contributed by atoms with Crippen molar-refractivity contribution in [3.8, 4) is 0 Å². The number of anilines is 2. The number of ketones is 2.